The van der Waals surface area contributed by atoms with Crippen LogP contribution in [0.15, 0.2) is 48.7 Å². The maximum atomic E-state index is 10.9. The number of hydrogen-bond acceptors (Lipinski definition) is 7. The van der Waals surface area contributed by atoms with E-state index >= 15 is 0 Å². The monoisotopic (exact) mass is 408 g/mol. The first-order chi connectivity index (χ1) is 14.3. The third-order valence-corrected chi connectivity index (χ3v) is 5.91. The molecule has 0 amide bonds. The van der Waals surface area contributed by atoms with Crippen LogP contribution in [-0.4, -0.2) is 54.0 Å². The van der Waals surface area contributed by atoms with Crippen molar-refractivity contribution < 1.29 is 9.53 Å². The highest BCUT2D eigenvalue weighted by molar-refractivity contribution is 7.17. The molecule has 1 N–H and O–H groups in total. The molecule has 0 aliphatic carbocycles. The fourth-order valence-corrected chi connectivity index (χ4v) is 4.17. The van der Waals surface area contributed by atoms with Crippen molar-refractivity contribution in [2.75, 3.05) is 38.2 Å². The minimum Gasteiger partial charge on any atom is -0.379 e. The van der Waals surface area contributed by atoms with Gasteiger partial charge in [-0.15, -0.1) is 11.3 Å². The van der Waals surface area contributed by atoms with Gasteiger partial charge in [0.1, 0.15) is 0 Å². The molecular formula is C22H24N4O2S. The first kappa shape index (κ1) is 19.7. The van der Waals surface area contributed by atoms with E-state index in [1.165, 1.54) is 16.9 Å². The largest absolute Gasteiger partial charge is 0.379 e. The molecule has 1 aromatic carbocycles. The Hall–Kier alpha value is -2.61. The normalized spacial score (nSPS) is 14.6. The number of anilines is 2. The van der Waals surface area contributed by atoms with Crippen LogP contribution in [0.2, 0.25) is 0 Å². The molecule has 0 spiro atoms. The number of rotatable bonds is 8. The minimum absolute atomic E-state index is 0.550. The van der Waals surface area contributed by atoms with Gasteiger partial charge in [-0.1, -0.05) is 12.1 Å². The van der Waals surface area contributed by atoms with Crippen LogP contribution in [0.4, 0.5) is 11.6 Å². The highest BCUT2D eigenvalue weighted by Gasteiger charge is 2.10. The van der Waals surface area contributed by atoms with Crippen molar-refractivity contribution in [2.45, 2.75) is 12.8 Å². The van der Waals surface area contributed by atoms with E-state index in [2.05, 4.69) is 38.4 Å². The zero-order chi connectivity index (χ0) is 19.9. The van der Waals surface area contributed by atoms with E-state index in [0.717, 1.165) is 68.2 Å². The zero-order valence-electron chi connectivity index (χ0n) is 16.2. The van der Waals surface area contributed by atoms with E-state index in [9.17, 15) is 4.79 Å². The van der Waals surface area contributed by atoms with E-state index in [1.54, 1.807) is 6.20 Å². The third-order valence-electron chi connectivity index (χ3n) is 4.88. The summed E-state index contributed by atoms with van der Waals surface area (Å²) in [5.74, 6) is 0.550. The number of carbonyl (C=O) groups is 1. The fourth-order valence-electron chi connectivity index (χ4n) is 3.38. The Labute approximate surface area is 174 Å². The summed E-state index contributed by atoms with van der Waals surface area (Å²) in [7, 11) is 0. The van der Waals surface area contributed by atoms with E-state index in [1.807, 2.05) is 24.3 Å². The third kappa shape index (κ3) is 5.47. The lowest BCUT2D eigenvalue weighted by molar-refractivity contribution is 0.0375. The van der Waals surface area contributed by atoms with Crippen molar-refractivity contribution in [1.82, 2.24) is 14.9 Å². The SMILES string of the molecule is O=Cc1ccc(-c2ccnc(Nc3cccc(CCCN4CCOCC4)c3)n2)s1. The second-order valence-electron chi connectivity index (χ2n) is 6.97. The summed E-state index contributed by atoms with van der Waals surface area (Å²) in [4.78, 5) is 23.9. The topological polar surface area (TPSA) is 67.4 Å². The molecule has 3 heterocycles. The zero-order valence-corrected chi connectivity index (χ0v) is 17.0. The number of aldehydes is 1. The van der Waals surface area contributed by atoms with Crippen LogP contribution in [0.3, 0.4) is 0 Å². The van der Waals surface area contributed by atoms with Crippen LogP contribution in [0.5, 0.6) is 0 Å². The van der Waals surface area contributed by atoms with Crippen LogP contribution in [0.1, 0.15) is 21.7 Å². The lowest BCUT2D eigenvalue weighted by Gasteiger charge is -2.26. The van der Waals surface area contributed by atoms with Gasteiger partial charge in [-0.2, -0.15) is 0 Å². The van der Waals surface area contributed by atoms with Crippen molar-refractivity contribution in [3.63, 3.8) is 0 Å². The highest BCUT2D eigenvalue weighted by atomic mass is 32.1. The summed E-state index contributed by atoms with van der Waals surface area (Å²) in [5, 5.41) is 3.30. The molecule has 0 unspecified atom stereocenters. The van der Waals surface area contributed by atoms with Gasteiger partial charge in [-0.3, -0.25) is 9.69 Å². The molecular weight excluding hydrogens is 384 g/mol. The average molecular weight is 409 g/mol. The van der Waals surface area contributed by atoms with E-state index in [4.69, 9.17) is 4.74 Å². The van der Waals surface area contributed by atoms with Gasteiger partial charge in [0.25, 0.3) is 0 Å². The number of benzene rings is 1. The fraction of sp³-hybridized carbons (Fsp3) is 0.318. The molecule has 0 saturated carbocycles. The second-order valence-corrected chi connectivity index (χ2v) is 8.08. The van der Waals surface area contributed by atoms with Gasteiger partial charge in [-0.05, 0) is 55.3 Å². The van der Waals surface area contributed by atoms with Crippen LogP contribution in [-0.2, 0) is 11.2 Å². The number of aromatic nitrogens is 2. The lowest BCUT2D eigenvalue weighted by atomic mass is 10.1. The van der Waals surface area contributed by atoms with Crippen molar-refractivity contribution in [3.05, 3.63) is 59.1 Å². The number of aryl methyl sites for hydroxylation is 1. The summed E-state index contributed by atoms with van der Waals surface area (Å²) in [6.45, 7) is 4.87. The number of ether oxygens (including phenoxy) is 1. The van der Waals surface area contributed by atoms with Crippen LogP contribution < -0.4 is 5.32 Å². The Bertz CT molecular complexity index is 953. The number of carbonyl (C=O) groups excluding carboxylic acids is 1. The molecule has 1 aliphatic rings. The van der Waals surface area contributed by atoms with E-state index in [-0.39, 0.29) is 0 Å². The average Bonchev–Trinajstić information content (AvgIpc) is 3.25. The van der Waals surface area contributed by atoms with Crippen LogP contribution in [0, 0.1) is 0 Å². The maximum absolute atomic E-state index is 10.9. The Balaban J connectivity index is 1.37. The summed E-state index contributed by atoms with van der Waals surface area (Å²) in [5.41, 5.74) is 3.08. The van der Waals surface area contributed by atoms with Gasteiger partial charge < -0.3 is 10.1 Å². The molecule has 29 heavy (non-hydrogen) atoms. The molecule has 4 rings (SSSR count). The predicted octanol–water partition coefficient (Wildman–Crippen LogP) is 4.03. The molecule has 1 aliphatic heterocycles. The minimum atomic E-state index is 0.550. The van der Waals surface area contributed by atoms with Gasteiger partial charge in [-0.25, -0.2) is 9.97 Å². The Morgan fingerprint density at radius 2 is 2.07 bits per heavy atom. The molecule has 7 heteroatoms. The molecule has 0 radical (unpaired) electrons. The summed E-state index contributed by atoms with van der Waals surface area (Å²) < 4.78 is 5.40. The van der Waals surface area contributed by atoms with Gasteiger partial charge in [0.15, 0.2) is 6.29 Å². The van der Waals surface area contributed by atoms with Gasteiger partial charge in [0, 0.05) is 25.0 Å². The number of nitrogens with zero attached hydrogens (tertiary/aromatic N) is 3. The first-order valence-corrected chi connectivity index (χ1v) is 10.7. The van der Waals surface area contributed by atoms with Gasteiger partial charge in [0.05, 0.1) is 28.7 Å². The summed E-state index contributed by atoms with van der Waals surface area (Å²) >= 11 is 1.43. The smallest absolute Gasteiger partial charge is 0.227 e. The quantitative estimate of drug-likeness (QED) is 0.568. The summed E-state index contributed by atoms with van der Waals surface area (Å²) in [6.07, 6.45) is 4.76. The number of nitrogens with one attached hydrogen (secondary N) is 1. The van der Waals surface area contributed by atoms with Crippen molar-refractivity contribution in [1.29, 1.82) is 0 Å². The molecule has 1 fully saturated rings. The number of thiophene rings is 1. The highest BCUT2D eigenvalue weighted by Crippen LogP contribution is 2.26. The molecule has 0 bridgehead atoms. The summed E-state index contributed by atoms with van der Waals surface area (Å²) in [6, 6.07) is 14.0. The van der Waals surface area contributed by atoms with Crippen LogP contribution in [0.25, 0.3) is 10.6 Å². The van der Waals surface area contributed by atoms with Gasteiger partial charge >= 0.3 is 0 Å². The maximum Gasteiger partial charge on any atom is 0.227 e. The van der Waals surface area contributed by atoms with Crippen molar-refractivity contribution in [2.24, 2.45) is 0 Å². The van der Waals surface area contributed by atoms with Crippen molar-refractivity contribution >= 4 is 29.3 Å². The molecule has 1 saturated heterocycles. The Morgan fingerprint density at radius 3 is 2.90 bits per heavy atom. The van der Waals surface area contributed by atoms with Gasteiger partial charge in [0.2, 0.25) is 5.95 Å². The second kappa shape index (κ2) is 9.73. The molecule has 6 nitrogen and oxygen atoms in total. The Morgan fingerprint density at radius 1 is 1.17 bits per heavy atom. The van der Waals surface area contributed by atoms with E-state index in [0.29, 0.717) is 10.8 Å². The predicted molar refractivity (Wildman–Crippen MR) is 116 cm³/mol. The Kier molecular flexibility index (Phi) is 6.61. The molecule has 3 aromatic rings. The molecule has 2 aromatic heterocycles. The van der Waals surface area contributed by atoms with Crippen LogP contribution >= 0.6 is 11.3 Å². The first-order valence-electron chi connectivity index (χ1n) is 9.85. The molecule has 150 valence electrons. The standard InChI is InChI=1S/C22H24N4O2S/c27-16-19-6-7-21(29-19)20-8-9-23-22(25-20)24-18-5-1-3-17(15-18)4-2-10-26-11-13-28-14-12-26/h1,3,5-9,15-16H,2,4,10-14H2,(H,23,24,25). The molecule has 0 atom stereocenters. The van der Waals surface area contributed by atoms with E-state index < -0.39 is 0 Å². The number of hydrogen-bond donors (Lipinski definition) is 1. The van der Waals surface area contributed by atoms with Crippen molar-refractivity contribution in [3.8, 4) is 10.6 Å². The number of morpholine rings is 1. The lowest BCUT2D eigenvalue weighted by Crippen LogP contribution is -2.36.